The molecule has 0 aromatic heterocycles. The lowest BCUT2D eigenvalue weighted by Crippen LogP contribution is -1.96. The number of benzene rings is 2. The molecule has 8 heteroatoms. The van der Waals surface area contributed by atoms with Crippen molar-refractivity contribution in [1.82, 2.24) is 0 Å². The molecule has 0 atom stereocenters. The second kappa shape index (κ2) is 7.53. The number of hydrogen-bond acceptors (Lipinski definition) is 4. The van der Waals surface area contributed by atoms with Crippen LogP contribution in [0.15, 0.2) is 81.3 Å². The van der Waals surface area contributed by atoms with Gasteiger partial charge in [0.25, 0.3) is 0 Å². The third kappa shape index (κ3) is 4.95. The molecule has 0 bridgehead atoms. The van der Waals surface area contributed by atoms with Gasteiger partial charge in [0.15, 0.2) is 19.7 Å². The van der Waals surface area contributed by atoms with E-state index in [0.717, 1.165) is 23.0 Å². The average Bonchev–Trinajstić information content (AvgIpc) is 2.52. The predicted molar refractivity (Wildman–Crippen MR) is 95.6 cm³/mol. The molecule has 0 fully saturated rings. The summed E-state index contributed by atoms with van der Waals surface area (Å²) in [5, 5.41) is 2.69. The molecule has 0 radical (unpaired) electrons. The normalized spacial score (nSPS) is 12.9. The van der Waals surface area contributed by atoms with E-state index in [0.29, 0.717) is 10.0 Å². The maximum Gasteiger partial charge on any atom is 0.199 e. The fourth-order valence-corrected chi connectivity index (χ4v) is 3.90. The lowest BCUT2D eigenvalue weighted by molar-refractivity contribution is 0.602. The van der Waals surface area contributed by atoms with Crippen LogP contribution in [-0.4, -0.2) is 16.8 Å². The number of rotatable bonds is 5. The van der Waals surface area contributed by atoms with Crippen molar-refractivity contribution >= 4 is 42.9 Å². The van der Waals surface area contributed by atoms with E-state index < -0.39 is 19.7 Å². The molecule has 0 saturated carbocycles. The van der Waals surface area contributed by atoms with E-state index in [1.165, 1.54) is 48.5 Å². The van der Waals surface area contributed by atoms with Crippen molar-refractivity contribution in [3.63, 3.8) is 0 Å². The monoisotopic (exact) mass is 402 g/mol. The number of sulfone groups is 2. The van der Waals surface area contributed by atoms with Gasteiger partial charge in [0.2, 0.25) is 0 Å². The fraction of sp³-hybridized carbons (Fsp3) is 0. The van der Waals surface area contributed by atoms with Gasteiger partial charge in [-0.2, -0.15) is 0 Å². The molecule has 0 aliphatic carbocycles. The van der Waals surface area contributed by atoms with E-state index in [2.05, 4.69) is 0 Å². The molecule has 4 nitrogen and oxygen atoms in total. The molecule has 24 heavy (non-hydrogen) atoms. The van der Waals surface area contributed by atoms with E-state index in [4.69, 9.17) is 23.2 Å². The van der Waals surface area contributed by atoms with Crippen molar-refractivity contribution in [3.05, 3.63) is 81.5 Å². The molecule has 2 rings (SSSR count). The van der Waals surface area contributed by atoms with E-state index in [1.54, 1.807) is 0 Å². The summed E-state index contributed by atoms with van der Waals surface area (Å²) in [5.41, 5.74) is 0. The topological polar surface area (TPSA) is 68.3 Å². The van der Waals surface area contributed by atoms with Crippen LogP contribution in [-0.2, 0) is 19.7 Å². The van der Waals surface area contributed by atoms with Crippen molar-refractivity contribution < 1.29 is 16.8 Å². The van der Waals surface area contributed by atoms with E-state index >= 15 is 0 Å². The van der Waals surface area contributed by atoms with Crippen LogP contribution in [0.1, 0.15) is 0 Å². The van der Waals surface area contributed by atoms with Crippen molar-refractivity contribution in [1.29, 1.82) is 0 Å². The smallest absolute Gasteiger partial charge is 0.199 e. The summed E-state index contributed by atoms with van der Waals surface area (Å²) >= 11 is 11.4. The molecule has 0 heterocycles. The van der Waals surface area contributed by atoms with Crippen LogP contribution >= 0.6 is 23.2 Å². The van der Waals surface area contributed by atoms with Crippen molar-refractivity contribution in [2.45, 2.75) is 9.79 Å². The predicted octanol–water partition coefficient (Wildman–Crippen LogP) is 4.27. The Morgan fingerprint density at radius 2 is 0.875 bits per heavy atom. The molecular weight excluding hydrogens is 391 g/mol. The zero-order valence-electron chi connectivity index (χ0n) is 12.1. The first-order valence-corrected chi connectivity index (χ1v) is 10.4. The van der Waals surface area contributed by atoms with Crippen LogP contribution in [0, 0.1) is 0 Å². The lowest BCUT2D eigenvalue weighted by Gasteiger charge is -1.99. The van der Waals surface area contributed by atoms with Crippen LogP contribution in [0.25, 0.3) is 0 Å². The van der Waals surface area contributed by atoms with Crippen molar-refractivity contribution in [3.8, 4) is 0 Å². The molecule has 0 spiro atoms. The van der Waals surface area contributed by atoms with E-state index in [1.807, 2.05) is 0 Å². The Balaban J connectivity index is 2.16. The van der Waals surface area contributed by atoms with Gasteiger partial charge in [-0.05, 0) is 60.7 Å². The molecule has 2 aromatic carbocycles. The molecule has 0 unspecified atom stereocenters. The van der Waals surface area contributed by atoms with Crippen LogP contribution < -0.4 is 0 Å². The molecular formula is C16H12Cl2O4S2. The van der Waals surface area contributed by atoms with E-state index in [-0.39, 0.29) is 9.79 Å². The zero-order chi connectivity index (χ0) is 17.8. The zero-order valence-corrected chi connectivity index (χ0v) is 15.3. The second-order valence-corrected chi connectivity index (χ2v) is 9.19. The highest BCUT2D eigenvalue weighted by Crippen LogP contribution is 2.17. The SMILES string of the molecule is O=S(=O)(C=CC=CS(=O)(=O)c1ccc(Cl)cc1)c1ccc(Cl)cc1. The third-order valence-corrected chi connectivity index (χ3v) is 6.30. The van der Waals surface area contributed by atoms with Gasteiger partial charge in [0.1, 0.15) is 0 Å². The van der Waals surface area contributed by atoms with Gasteiger partial charge in [0, 0.05) is 20.9 Å². The third-order valence-electron chi connectivity index (χ3n) is 2.91. The molecule has 0 aliphatic heterocycles. The Morgan fingerprint density at radius 3 is 1.17 bits per heavy atom. The number of allylic oxidation sites excluding steroid dienone is 2. The summed E-state index contributed by atoms with van der Waals surface area (Å²) in [7, 11) is -7.34. The summed E-state index contributed by atoms with van der Waals surface area (Å²) in [6, 6.07) is 11.3. The van der Waals surface area contributed by atoms with Gasteiger partial charge >= 0.3 is 0 Å². The number of halogens is 2. The summed E-state index contributed by atoms with van der Waals surface area (Å²) < 4.78 is 48.2. The Kier molecular flexibility index (Phi) is 5.87. The van der Waals surface area contributed by atoms with E-state index in [9.17, 15) is 16.8 Å². The van der Waals surface area contributed by atoms with Gasteiger partial charge < -0.3 is 0 Å². The lowest BCUT2D eigenvalue weighted by atomic mass is 10.4. The Morgan fingerprint density at radius 1 is 0.583 bits per heavy atom. The second-order valence-electron chi connectivity index (χ2n) is 4.65. The minimum atomic E-state index is -3.67. The molecule has 126 valence electrons. The standard InChI is InChI=1S/C16H12Cl2O4S2/c17-13-3-7-15(8-4-13)23(19,20)11-1-2-12-24(21,22)16-9-5-14(18)6-10-16/h1-12H. The highest BCUT2D eigenvalue weighted by atomic mass is 35.5. The maximum absolute atomic E-state index is 12.0. The minimum absolute atomic E-state index is 0.0668. The van der Waals surface area contributed by atoms with Crippen LogP contribution in [0.5, 0.6) is 0 Å². The average molecular weight is 403 g/mol. The summed E-state index contributed by atoms with van der Waals surface area (Å²) in [5.74, 6) is 0. The molecule has 2 aromatic rings. The van der Waals surface area contributed by atoms with Gasteiger partial charge in [0.05, 0.1) is 9.79 Å². The first-order valence-electron chi connectivity index (χ1n) is 6.57. The Bertz CT molecular complexity index is 890. The molecule has 0 aliphatic rings. The van der Waals surface area contributed by atoms with Crippen LogP contribution in [0.4, 0.5) is 0 Å². The van der Waals surface area contributed by atoms with Crippen LogP contribution in [0.3, 0.4) is 0 Å². The Hall–Kier alpha value is -1.60. The van der Waals surface area contributed by atoms with Crippen molar-refractivity contribution in [2.24, 2.45) is 0 Å². The summed E-state index contributed by atoms with van der Waals surface area (Å²) in [6.07, 6.45) is 2.30. The van der Waals surface area contributed by atoms with Crippen LogP contribution in [0.2, 0.25) is 10.0 Å². The molecule has 0 N–H and O–H groups in total. The summed E-state index contributed by atoms with van der Waals surface area (Å²) in [4.78, 5) is 0.134. The van der Waals surface area contributed by atoms with Gasteiger partial charge in [-0.1, -0.05) is 23.2 Å². The maximum atomic E-state index is 12.0. The molecule has 0 saturated heterocycles. The fourth-order valence-electron chi connectivity index (χ4n) is 1.70. The molecule has 0 amide bonds. The quantitative estimate of drug-likeness (QED) is 0.700. The van der Waals surface area contributed by atoms with Gasteiger partial charge in [-0.25, -0.2) is 16.8 Å². The largest absolute Gasteiger partial charge is 0.219 e. The van der Waals surface area contributed by atoms with Crippen molar-refractivity contribution in [2.75, 3.05) is 0 Å². The highest BCUT2D eigenvalue weighted by Gasteiger charge is 2.10. The highest BCUT2D eigenvalue weighted by molar-refractivity contribution is 7.94. The first kappa shape index (κ1) is 18.7. The van der Waals surface area contributed by atoms with Gasteiger partial charge in [-0.15, -0.1) is 0 Å². The Labute approximate surface area is 150 Å². The van der Waals surface area contributed by atoms with Gasteiger partial charge in [-0.3, -0.25) is 0 Å². The number of hydrogen-bond donors (Lipinski definition) is 0. The minimum Gasteiger partial charge on any atom is -0.219 e. The first-order chi connectivity index (χ1) is 11.2. The summed E-state index contributed by atoms with van der Waals surface area (Å²) in [6.45, 7) is 0.